The maximum atomic E-state index is 12.7. The van der Waals surface area contributed by atoms with Gasteiger partial charge in [-0.2, -0.15) is 0 Å². The van der Waals surface area contributed by atoms with Crippen molar-refractivity contribution in [2.75, 3.05) is 10.6 Å². The van der Waals surface area contributed by atoms with Gasteiger partial charge in [0.05, 0.1) is 11.8 Å². The third kappa shape index (κ3) is 5.67. The van der Waals surface area contributed by atoms with Crippen molar-refractivity contribution < 1.29 is 9.53 Å². The van der Waals surface area contributed by atoms with Crippen LogP contribution < -0.4 is 15.4 Å². The van der Waals surface area contributed by atoms with Gasteiger partial charge < -0.3 is 15.4 Å². The van der Waals surface area contributed by atoms with E-state index in [2.05, 4.69) is 20.6 Å². The van der Waals surface area contributed by atoms with Crippen molar-refractivity contribution in [2.24, 2.45) is 0 Å². The van der Waals surface area contributed by atoms with E-state index in [1.54, 1.807) is 12.3 Å². The number of hydrogen-bond acceptors (Lipinski definition) is 5. The highest BCUT2D eigenvalue weighted by atomic mass is 16.5. The summed E-state index contributed by atoms with van der Waals surface area (Å²) in [6.45, 7) is 3.91. The Hall–Kier alpha value is -2.63. The first-order valence-electron chi connectivity index (χ1n) is 9.78. The van der Waals surface area contributed by atoms with Crippen LogP contribution in [0, 0.1) is 0 Å². The summed E-state index contributed by atoms with van der Waals surface area (Å²) in [5.41, 5.74) is 0.966. The molecule has 1 aliphatic carbocycles. The zero-order valence-corrected chi connectivity index (χ0v) is 16.1. The topological polar surface area (TPSA) is 76.1 Å². The summed E-state index contributed by atoms with van der Waals surface area (Å²) in [7, 11) is 0. The van der Waals surface area contributed by atoms with Gasteiger partial charge in [0.1, 0.15) is 11.4 Å². The van der Waals surface area contributed by atoms with Crippen LogP contribution >= 0.6 is 0 Å². The molecule has 1 heterocycles. The molecule has 1 aromatic heterocycles. The van der Waals surface area contributed by atoms with Crippen LogP contribution in [0.2, 0.25) is 0 Å². The Bertz CT molecular complexity index is 755. The Kier molecular flexibility index (Phi) is 6.63. The Morgan fingerprint density at radius 3 is 2.59 bits per heavy atom. The highest BCUT2D eigenvalue weighted by Gasteiger charge is 2.16. The van der Waals surface area contributed by atoms with Crippen LogP contribution in [0.3, 0.4) is 0 Å². The first kappa shape index (κ1) is 19.1. The maximum Gasteiger partial charge on any atom is 0.274 e. The predicted octanol–water partition coefficient (Wildman–Crippen LogP) is 4.65. The van der Waals surface area contributed by atoms with Crippen LogP contribution in [-0.2, 0) is 0 Å². The molecular formula is C21H28N4O2. The van der Waals surface area contributed by atoms with Gasteiger partial charge in [0.15, 0.2) is 0 Å². The first-order chi connectivity index (χ1) is 13.1. The summed E-state index contributed by atoms with van der Waals surface area (Å²) >= 11 is 0. The number of carbonyl (C=O) groups is 1. The highest BCUT2D eigenvalue weighted by Crippen LogP contribution is 2.25. The Morgan fingerprint density at radius 2 is 1.85 bits per heavy atom. The van der Waals surface area contributed by atoms with Crippen LogP contribution in [0.5, 0.6) is 5.75 Å². The molecule has 0 radical (unpaired) electrons. The number of nitrogens with one attached hydrogen (secondary N) is 2. The lowest BCUT2D eigenvalue weighted by Gasteiger charge is -2.17. The van der Waals surface area contributed by atoms with Crippen molar-refractivity contribution in [2.45, 2.75) is 64.5 Å². The number of rotatable bonds is 6. The van der Waals surface area contributed by atoms with Crippen molar-refractivity contribution in [3.8, 4) is 5.75 Å². The van der Waals surface area contributed by atoms with Crippen molar-refractivity contribution in [3.63, 3.8) is 0 Å². The van der Waals surface area contributed by atoms with E-state index in [0.29, 0.717) is 29.1 Å². The summed E-state index contributed by atoms with van der Waals surface area (Å²) < 4.78 is 5.76. The average Bonchev–Trinajstić information content (AvgIpc) is 2.92. The Balaban J connectivity index is 1.68. The lowest BCUT2D eigenvalue weighted by atomic mass is 10.1. The molecule has 0 bridgehead atoms. The third-order valence-electron chi connectivity index (χ3n) is 4.57. The molecule has 6 heteroatoms. The number of hydrogen-bond donors (Lipinski definition) is 2. The molecule has 6 nitrogen and oxygen atoms in total. The SMILES string of the molecule is CC(C)Oc1ccccc1NC(=O)c1ccnc(NC2CCCCCC2)n1. The van der Waals surface area contributed by atoms with Crippen LogP contribution in [-0.4, -0.2) is 28.0 Å². The molecule has 1 aliphatic rings. The van der Waals surface area contributed by atoms with Gasteiger partial charge in [-0.3, -0.25) is 4.79 Å². The van der Waals surface area contributed by atoms with Gasteiger partial charge in [0.25, 0.3) is 5.91 Å². The molecule has 144 valence electrons. The van der Waals surface area contributed by atoms with E-state index in [1.807, 2.05) is 38.1 Å². The van der Waals surface area contributed by atoms with Crippen LogP contribution in [0.25, 0.3) is 0 Å². The molecule has 1 amide bonds. The number of ether oxygens (including phenoxy) is 1. The molecule has 1 saturated carbocycles. The smallest absolute Gasteiger partial charge is 0.274 e. The zero-order chi connectivity index (χ0) is 19.1. The quantitative estimate of drug-likeness (QED) is 0.726. The molecule has 0 spiro atoms. The first-order valence-corrected chi connectivity index (χ1v) is 9.78. The second-order valence-corrected chi connectivity index (χ2v) is 7.22. The van der Waals surface area contributed by atoms with Crippen molar-refractivity contribution >= 4 is 17.5 Å². The van der Waals surface area contributed by atoms with Gasteiger partial charge in [-0.25, -0.2) is 9.97 Å². The van der Waals surface area contributed by atoms with Crippen molar-refractivity contribution in [3.05, 3.63) is 42.2 Å². The number of para-hydroxylation sites is 2. The van der Waals surface area contributed by atoms with Gasteiger partial charge in [-0.1, -0.05) is 37.8 Å². The molecule has 0 atom stereocenters. The summed E-state index contributed by atoms with van der Waals surface area (Å²) in [5.74, 6) is 0.883. The highest BCUT2D eigenvalue weighted by molar-refractivity contribution is 6.03. The molecular weight excluding hydrogens is 340 g/mol. The largest absolute Gasteiger partial charge is 0.489 e. The molecule has 2 N–H and O–H groups in total. The monoisotopic (exact) mass is 368 g/mol. The standard InChI is InChI=1S/C21H28N4O2/c1-15(2)27-19-12-8-7-11-17(19)24-20(26)18-13-14-22-21(25-18)23-16-9-5-3-4-6-10-16/h7-8,11-16H,3-6,9-10H2,1-2H3,(H,24,26)(H,22,23,25). The summed E-state index contributed by atoms with van der Waals surface area (Å²) in [6.07, 6.45) is 8.93. The summed E-state index contributed by atoms with van der Waals surface area (Å²) in [5, 5.41) is 6.28. The molecule has 3 rings (SSSR count). The number of anilines is 2. The molecule has 0 unspecified atom stereocenters. The average molecular weight is 368 g/mol. The van der Waals surface area contributed by atoms with E-state index in [4.69, 9.17) is 4.74 Å². The molecule has 1 aromatic carbocycles. The second-order valence-electron chi connectivity index (χ2n) is 7.22. The molecule has 0 aliphatic heterocycles. The number of benzene rings is 1. The van der Waals surface area contributed by atoms with Crippen molar-refractivity contribution in [1.29, 1.82) is 0 Å². The molecule has 27 heavy (non-hydrogen) atoms. The van der Waals surface area contributed by atoms with Crippen LogP contribution in [0.1, 0.15) is 62.9 Å². The van der Waals surface area contributed by atoms with E-state index in [9.17, 15) is 4.79 Å². The fourth-order valence-electron chi connectivity index (χ4n) is 3.27. The maximum absolute atomic E-state index is 12.7. The molecule has 0 saturated heterocycles. The number of nitrogens with zero attached hydrogens (tertiary/aromatic N) is 2. The van der Waals surface area contributed by atoms with Crippen LogP contribution in [0.4, 0.5) is 11.6 Å². The lowest BCUT2D eigenvalue weighted by molar-refractivity contribution is 0.102. The number of amides is 1. The Labute approximate surface area is 160 Å². The van der Waals surface area contributed by atoms with Crippen LogP contribution in [0.15, 0.2) is 36.5 Å². The summed E-state index contributed by atoms with van der Waals surface area (Å²) in [6, 6.07) is 9.41. The van der Waals surface area contributed by atoms with E-state index >= 15 is 0 Å². The van der Waals surface area contributed by atoms with Gasteiger partial charge in [0.2, 0.25) is 5.95 Å². The fourth-order valence-corrected chi connectivity index (χ4v) is 3.27. The minimum absolute atomic E-state index is 0.0254. The third-order valence-corrected chi connectivity index (χ3v) is 4.57. The van der Waals surface area contributed by atoms with Gasteiger partial charge in [-0.15, -0.1) is 0 Å². The van der Waals surface area contributed by atoms with E-state index in [1.165, 1.54) is 25.7 Å². The normalized spacial score (nSPS) is 15.2. The van der Waals surface area contributed by atoms with E-state index < -0.39 is 0 Å². The number of aromatic nitrogens is 2. The van der Waals surface area contributed by atoms with E-state index in [-0.39, 0.29) is 12.0 Å². The summed E-state index contributed by atoms with van der Waals surface area (Å²) in [4.78, 5) is 21.4. The fraction of sp³-hybridized carbons (Fsp3) is 0.476. The minimum Gasteiger partial charge on any atom is -0.489 e. The second kappa shape index (κ2) is 9.35. The number of carbonyl (C=O) groups excluding carboxylic acids is 1. The molecule has 2 aromatic rings. The molecule has 1 fully saturated rings. The minimum atomic E-state index is -0.277. The van der Waals surface area contributed by atoms with Crippen molar-refractivity contribution in [1.82, 2.24) is 9.97 Å². The van der Waals surface area contributed by atoms with Gasteiger partial charge >= 0.3 is 0 Å². The Morgan fingerprint density at radius 1 is 1.11 bits per heavy atom. The lowest BCUT2D eigenvalue weighted by Crippen LogP contribution is -2.21. The van der Waals surface area contributed by atoms with Gasteiger partial charge in [0, 0.05) is 12.2 Å². The van der Waals surface area contributed by atoms with E-state index in [0.717, 1.165) is 12.8 Å². The predicted molar refractivity (Wildman–Crippen MR) is 107 cm³/mol. The zero-order valence-electron chi connectivity index (χ0n) is 16.1. The van der Waals surface area contributed by atoms with Gasteiger partial charge in [-0.05, 0) is 44.9 Å².